The Kier molecular flexibility index (Phi) is 2.88. The zero-order valence-electron chi connectivity index (χ0n) is 6.58. The second-order valence-corrected chi connectivity index (χ2v) is 3.88. The smallest absolute Gasteiger partial charge is 0.0999 e. The van der Waals surface area contributed by atoms with Crippen molar-refractivity contribution in [2.24, 2.45) is 11.8 Å². The first-order chi connectivity index (χ1) is 5.69. The molecule has 0 aromatic rings. The molecule has 2 nitrogen and oxygen atoms in total. The molecule has 0 radical (unpaired) electrons. The highest BCUT2D eigenvalue weighted by molar-refractivity contribution is 14.1. The van der Waals surface area contributed by atoms with Gasteiger partial charge in [0.15, 0.2) is 0 Å². The van der Waals surface area contributed by atoms with Crippen molar-refractivity contribution in [1.82, 2.24) is 0 Å². The molecule has 0 spiro atoms. The maximum Gasteiger partial charge on any atom is 0.0999 e. The van der Waals surface area contributed by atoms with Gasteiger partial charge >= 0.3 is 0 Å². The fourth-order valence-electron chi connectivity index (χ4n) is 1.08. The Morgan fingerprint density at radius 3 is 2.58 bits per heavy atom. The third-order valence-electron chi connectivity index (χ3n) is 1.85. The summed E-state index contributed by atoms with van der Waals surface area (Å²) in [6, 6.07) is 4.24. The third kappa shape index (κ3) is 1.67. The topological polar surface area (TPSA) is 47.6 Å². The highest BCUT2D eigenvalue weighted by Gasteiger charge is 2.19. The van der Waals surface area contributed by atoms with Gasteiger partial charge in [-0.1, -0.05) is 13.0 Å². The summed E-state index contributed by atoms with van der Waals surface area (Å²) >= 11 is 2.12. The molecule has 0 saturated heterocycles. The van der Waals surface area contributed by atoms with Crippen LogP contribution in [-0.4, -0.2) is 0 Å². The van der Waals surface area contributed by atoms with Gasteiger partial charge in [-0.25, -0.2) is 0 Å². The van der Waals surface area contributed by atoms with Gasteiger partial charge in [-0.2, -0.15) is 10.5 Å². The molecule has 2 atom stereocenters. The first-order valence-electron chi connectivity index (χ1n) is 3.58. The fraction of sp³-hybridized carbons (Fsp3) is 0.333. The molecule has 0 fully saturated rings. The molecule has 0 N–H and O–H groups in total. The van der Waals surface area contributed by atoms with Gasteiger partial charge in [-0.15, -0.1) is 0 Å². The van der Waals surface area contributed by atoms with Gasteiger partial charge in [0, 0.05) is 3.58 Å². The van der Waals surface area contributed by atoms with E-state index < -0.39 is 0 Å². The van der Waals surface area contributed by atoms with Gasteiger partial charge in [-0.05, 0) is 34.6 Å². The van der Waals surface area contributed by atoms with E-state index in [1.807, 2.05) is 13.0 Å². The second kappa shape index (κ2) is 3.73. The minimum absolute atomic E-state index is 0.141. The lowest BCUT2D eigenvalue weighted by Crippen LogP contribution is -2.09. The first-order valence-corrected chi connectivity index (χ1v) is 4.66. The van der Waals surface area contributed by atoms with Gasteiger partial charge in [0.05, 0.1) is 23.6 Å². The highest BCUT2D eigenvalue weighted by Crippen LogP contribution is 2.30. The van der Waals surface area contributed by atoms with Crippen molar-refractivity contribution >= 4 is 22.6 Å². The van der Waals surface area contributed by atoms with Crippen LogP contribution in [0.5, 0.6) is 0 Å². The third-order valence-corrected chi connectivity index (χ3v) is 2.79. The Morgan fingerprint density at radius 2 is 2.08 bits per heavy atom. The molecule has 0 saturated carbocycles. The van der Waals surface area contributed by atoms with Crippen molar-refractivity contribution in [3.05, 3.63) is 21.3 Å². The van der Waals surface area contributed by atoms with Crippen molar-refractivity contribution < 1.29 is 0 Å². The quantitative estimate of drug-likeness (QED) is 0.635. The molecule has 2 unspecified atom stereocenters. The zero-order valence-corrected chi connectivity index (χ0v) is 8.74. The lowest BCUT2D eigenvalue weighted by Gasteiger charge is -2.16. The summed E-state index contributed by atoms with van der Waals surface area (Å²) in [5.74, 6) is 0.0807. The lowest BCUT2D eigenvalue weighted by molar-refractivity contribution is 0.613. The summed E-state index contributed by atoms with van der Waals surface area (Å²) in [5.41, 5.74) is 0.625. The largest absolute Gasteiger partial charge is 0.198 e. The Hall–Kier alpha value is -0.810. The minimum atomic E-state index is -0.141. The van der Waals surface area contributed by atoms with Crippen LogP contribution >= 0.6 is 22.6 Å². The average Bonchev–Trinajstić information content (AvgIpc) is 2.05. The van der Waals surface area contributed by atoms with Crippen LogP contribution < -0.4 is 0 Å². The number of hydrogen-bond acceptors (Lipinski definition) is 2. The molecule has 0 heterocycles. The Balaban J connectivity index is 3.01. The molecule has 1 rings (SSSR count). The van der Waals surface area contributed by atoms with Crippen LogP contribution in [0.15, 0.2) is 21.3 Å². The van der Waals surface area contributed by atoms with E-state index in [0.29, 0.717) is 5.57 Å². The van der Waals surface area contributed by atoms with Crippen molar-refractivity contribution in [1.29, 1.82) is 10.5 Å². The van der Waals surface area contributed by atoms with E-state index in [9.17, 15) is 0 Å². The number of rotatable bonds is 0. The van der Waals surface area contributed by atoms with E-state index >= 15 is 0 Å². The van der Waals surface area contributed by atoms with E-state index in [0.717, 1.165) is 3.58 Å². The summed E-state index contributed by atoms with van der Waals surface area (Å²) in [6.07, 6.45) is 3.71. The zero-order chi connectivity index (χ0) is 9.14. The number of hydrogen-bond donors (Lipinski definition) is 0. The Bertz CT molecular complexity index is 327. The molecule has 0 bridgehead atoms. The molecule has 12 heavy (non-hydrogen) atoms. The highest BCUT2D eigenvalue weighted by atomic mass is 127. The maximum absolute atomic E-state index is 8.73. The van der Waals surface area contributed by atoms with Gasteiger partial charge < -0.3 is 0 Å². The first kappa shape index (κ1) is 9.28. The van der Waals surface area contributed by atoms with Crippen LogP contribution in [0.3, 0.4) is 0 Å². The van der Waals surface area contributed by atoms with Gasteiger partial charge in [0.25, 0.3) is 0 Å². The van der Waals surface area contributed by atoms with Gasteiger partial charge in [-0.3, -0.25) is 0 Å². The van der Waals surface area contributed by atoms with E-state index in [1.165, 1.54) is 0 Å². The predicted molar refractivity (Wildman–Crippen MR) is 54.1 cm³/mol. The van der Waals surface area contributed by atoms with Crippen LogP contribution in [0.4, 0.5) is 0 Å². The number of halogens is 1. The van der Waals surface area contributed by atoms with Crippen LogP contribution in [0.25, 0.3) is 0 Å². The fourth-order valence-corrected chi connectivity index (χ4v) is 1.95. The molecule has 3 heteroatoms. The minimum Gasteiger partial charge on any atom is -0.198 e. The molecular formula is C9H7IN2. The Morgan fingerprint density at radius 1 is 1.42 bits per heavy atom. The van der Waals surface area contributed by atoms with E-state index in [4.69, 9.17) is 10.5 Å². The van der Waals surface area contributed by atoms with Crippen molar-refractivity contribution in [3.63, 3.8) is 0 Å². The number of nitrogens with zero attached hydrogens (tertiary/aromatic N) is 2. The summed E-state index contributed by atoms with van der Waals surface area (Å²) in [7, 11) is 0. The maximum atomic E-state index is 8.73. The van der Waals surface area contributed by atoms with Crippen molar-refractivity contribution in [3.8, 4) is 12.1 Å². The summed E-state index contributed by atoms with van der Waals surface area (Å²) < 4.78 is 0.953. The second-order valence-electron chi connectivity index (χ2n) is 2.72. The monoisotopic (exact) mass is 270 g/mol. The van der Waals surface area contributed by atoms with E-state index in [1.54, 1.807) is 6.08 Å². The van der Waals surface area contributed by atoms with E-state index in [-0.39, 0.29) is 11.8 Å². The molecule has 0 aliphatic heterocycles. The normalized spacial score (nSPS) is 28.0. The van der Waals surface area contributed by atoms with Crippen LogP contribution in [0.1, 0.15) is 6.92 Å². The number of allylic oxidation sites excluding steroid dienone is 4. The van der Waals surface area contributed by atoms with Crippen LogP contribution in [0.2, 0.25) is 0 Å². The lowest BCUT2D eigenvalue weighted by atomic mass is 9.88. The molecule has 1 aliphatic rings. The van der Waals surface area contributed by atoms with Crippen LogP contribution in [-0.2, 0) is 0 Å². The molecule has 60 valence electrons. The van der Waals surface area contributed by atoms with Crippen molar-refractivity contribution in [2.45, 2.75) is 6.92 Å². The average molecular weight is 270 g/mol. The molecular weight excluding hydrogens is 263 g/mol. The Labute approximate surface area is 85.3 Å². The summed E-state index contributed by atoms with van der Waals surface area (Å²) in [4.78, 5) is 0. The van der Waals surface area contributed by atoms with Gasteiger partial charge in [0.2, 0.25) is 0 Å². The number of nitriles is 2. The van der Waals surface area contributed by atoms with Crippen LogP contribution in [0, 0.1) is 34.5 Å². The standard InChI is InChI=1S/C9H7IN2/c1-6-2-9(10)8(5-12)3-7(6)4-11/h2-3,6-7H,1H3. The molecule has 0 amide bonds. The predicted octanol–water partition coefficient (Wildman–Crippen LogP) is 2.54. The molecule has 0 aromatic heterocycles. The van der Waals surface area contributed by atoms with Crippen molar-refractivity contribution in [2.75, 3.05) is 0 Å². The van der Waals surface area contributed by atoms with Gasteiger partial charge in [0.1, 0.15) is 0 Å². The summed E-state index contributed by atoms with van der Waals surface area (Å²) in [5, 5.41) is 17.4. The summed E-state index contributed by atoms with van der Waals surface area (Å²) in [6.45, 7) is 1.98. The molecule has 1 aliphatic carbocycles. The molecule has 0 aromatic carbocycles. The SMILES string of the molecule is CC1C=C(I)C(C#N)=CC1C#N. The van der Waals surface area contributed by atoms with E-state index in [2.05, 4.69) is 34.7 Å².